The van der Waals surface area contributed by atoms with Gasteiger partial charge in [-0.1, -0.05) is 12.1 Å². The molecule has 30 heavy (non-hydrogen) atoms. The number of benzene rings is 1. The Morgan fingerprint density at radius 3 is 2.07 bits per heavy atom. The highest BCUT2D eigenvalue weighted by Crippen LogP contribution is 2.19. The van der Waals surface area contributed by atoms with Crippen molar-refractivity contribution in [2.75, 3.05) is 59.6 Å². The predicted molar refractivity (Wildman–Crippen MR) is 109 cm³/mol. The van der Waals surface area contributed by atoms with E-state index in [0.29, 0.717) is 69.6 Å². The van der Waals surface area contributed by atoms with Crippen LogP contribution in [0.3, 0.4) is 0 Å². The molecule has 2 aliphatic heterocycles. The van der Waals surface area contributed by atoms with Crippen LogP contribution in [-0.2, 0) is 4.74 Å². The number of morpholine rings is 1. The lowest BCUT2D eigenvalue weighted by Gasteiger charge is -2.38. The van der Waals surface area contributed by atoms with E-state index in [-0.39, 0.29) is 11.9 Å². The summed E-state index contributed by atoms with van der Waals surface area (Å²) >= 11 is 0. The smallest absolute Gasteiger partial charge is 0.320 e. The minimum Gasteiger partial charge on any atom is -0.480 e. The standard InChI is InChI=1S/C21H25N5O4/c1-29-19-7-6-18(22-23-19)16-2-4-17(5-3-16)20(27)24-8-10-25(11-9-24)21(28)26-12-14-30-15-13-26/h2-7H,8-15H2,1H3. The van der Waals surface area contributed by atoms with Crippen LogP contribution < -0.4 is 4.74 Å². The second-order valence-electron chi connectivity index (χ2n) is 7.20. The van der Waals surface area contributed by atoms with E-state index >= 15 is 0 Å². The lowest BCUT2D eigenvalue weighted by molar-refractivity contribution is 0.0362. The second-order valence-corrected chi connectivity index (χ2v) is 7.20. The molecule has 2 aromatic rings. The van der Waals surface area contributed by atoms with Gasteiger partial charge in [0.2, 0.25) is 5.88 Å². The van der Waals surface area contributed by atoms with Crippen LogP contribution in [-0.4, -0.2) is 96.4 Å². The van der Waals surface area contributed by atoms with E-state index < -0.39 is 0 Å². The number of urea groups is 1. The van der Waals surface area contributed by atoms with Crippen molar-refractivity contribution < 1.29 is 19.1 Å². The van der Waals surface area contributed by atoms with Crippen molar-refractivity contribution in [3.05, 3.63) is 42.0 Å². The maximum absolute atomic E-state index is 12.9. The summed E-state index contributed by atoms with van der Waals surface area (Å²) in [6.07, 6.45) is 0. The number of nitrogens with zero attached hydrogens (tertiary/aromatic N) is 5. The Morgan fingerprint density at radius 1 is 0.833 bits per heavy atom. The van der Waals surface area contributed by atoms with Gasteiger partial charge < -0.3 is 24.2 Å². The summed E-state index contributed by atoms with van der Waals surface area (Å²) < 4.78 is 10.3. The number of hydrogen-bond acceptors (Lipinski definition) is 6. The molecule has 2 aliphatic rings. The van der Waals surface area contributed by atoms with Gasteiger partial charge in [-0.15, -0.1) is 10.2 Å². The van der Waals surface area contributed by atoms with E-state index in [4.69, 9.17) is 9.47 Å². The molecule has 158 valence electrons. The molecule has 0 radical (unpaired) electrons. The Morgan fingerprint density at radius 2 is 1.47 bits per heavy atom. The number of methoxy groups -OCH3 is 1. The Hall–Kier alpha value is -3.20. The van der Waals surface area contributed by atoms with Crippen LogP contribution in [0.4, 0.5) is 4.79 Å². The van der Waals surface area contributed by atoms with Crippen molar-refractivity contribution in [3.63, 3.8) is 0 Å². The number of carbonyl (C=O) groups is 2. The zero-order valence-electron chi connectivity index (χ0n) is 17.0. The van der Waals surface area contributed by atoms with Gasteiger partial charge in [-0.25, -0.2) is 4.79 Å². The summed E-state index contributed by atoms with van der Waals surface area (Å²) in [5, 5.41) is 8.10. The largest absolute Gasteiger partial charge is 0.480 e. The number of aromatic nitrogens is 2. The zero-order valence-corrected chi connectivity index (χ0v) is 17.0. The molecule has 0 atom stereocenters. The van der Waals surface area contributed by atoms with Crippen molar-refractivity contribution in [2.24, 2.45) is 0 Å². The maximum atomic E-state index is 12.9. The third kappa shape index (κ3) is 4.35. The van der Waals surface area contributed by atoms with Gasteiger partial charge in [-0.2, -0.15) is 0 Å². The first-order chi connectivity index (χ1) is 14.7. The number of ether oxygens (including phenoxy) is 2. The molecule has 0 aliphatic carbocycles. The Labute approximate surface area is 175 Å². The van der Waals surface area contributed by atoms with Crippen molar-refractivity contribution in [2.45, 2.75) is 0 Å². The molecule has 2 fully saturated rings. The number of piperazine rings is 1. The molecule has 9 heteroatoms. The number of rotatable bonds is 3. The quantitative estimate of drug-likeness (QED) is 0.758. The maximum Gasteiger partial charge on any atom is 0.320 e. The molecule has 1 aromatic carbocycles. The highest BCUT2D eigenvalue weighted by atomic mass is 16.5. The van der Waals surface area contributed by atoms with Crippen molar-refractivity contribution in [1.29, 1.82) is 0 Å². The number of carbonyl (C=O) groups excluding carboxylic acids is 2. The summed E-state index contributed by atoms with van der Waals surface area (Å²) in [5.74, 6) is 0.428. The van der Waals surface area contributed by atoms with Crippen molar-refractivity contribution >= 4 is 11.9 Å². The van der Waals surface area contributed by atoms with Crippen LogP contribution in [0.25, 0.3) is 11.3 Å². The first-order valence-electron chi connectivity index (χ1n) is 10.0. The van der Waals surface area contributed by atoms with Gasteiger partial charge in [-0.3, -0.25) is 4.79 Å². The van der Waals surface area contributed by atoms with Gasteiger partial charge in [0.05, 0.1) is 26.0 Å². The van der Waals surface area contributed by atoms with Crippen LogP contribution >= 0.6 is 0 Å². The van der Waals surface area contributed by atoms with E-state index in [9.17, 15) is 9.59 Å². The fourth-order valence-electron chi connectivity index (χ4n) is 3.60. The minimum atomic E-state index is -0.0270. The average Bonchev–Trinajstić information content (AvgIpc) is 2.84. The molecule has 0 spiro atoms. The summed E-state index contributed by atoms with van der Waals surface area (Å²) in [5.41, 5.74) is 2.21. The van der Waals surface area contributed by atoms with Gasteiger partial charge in [0, 0.05) is 56.5 Å². The Balaban J connectivity index is 1.34. The third-order valence-electron chi connectivity index (χ3n) is 5.40. The van der Waals surface area contributed by atoms with E-state index in [1.807, 2.05) is 28.0 Å². The minimum absolute atomic E-state index is 0.0270. The van der Waals surface area contributed by atoms with Gasteiger partial charge in [0.1, 0.15) is 0 Å². The zero-order chi connectivity index (χ0) is 20.9. The van der Waals surface area contributed by atoms with Crippen LogP contribution in [0.2, 0.25) is 0 Å². The number of amides is 3. The predicted octanol–water partition coefficient (Wildman–Crippen LogP) is 1.36. The van der Waals surface area contributed by atoms with Crippen LogP contribution in [0, 0.1) is 0 Å². The van der Waals surface area contributed by atoms with E-state index in [1.54, 1.807) is 30.2 Å². The van der Waals surface area contributed by atoms with Crippen molar-refractivity contribution in [3.8, 4) is 17.1 Å². The monoisotopic (exact) mass is 411 g/mol. The third-order valence-corrected chi connectivity index (χ3v) is 5.40. The highest BCUT2D eigenvalue weighted by Gasteiger charge is 2.28. The van der Waals surface area contributed by atoms with E-state index in [0.717, 1.165) is 5.56 Å². The van der Waals surface area contributed by atoms with Gasteiger partial charge in [-0.05, 0) is 18.2 Å². The molecule has 3 amide bonds. The Bertz CT molecular complexity index is 873. The molecular weight excluding hydrogens is 386 g/mol. The van der Waals surface area contributed by atoms with Gasteiger partial charge >= 0.3 is 6.03 Å². The summed E-state index contributed by atoms with van der Waals surface area (Å²) in [6.45, 7) is 4.57. The summed E-state index contributed by atoms with van der Waals surface area (Å²) in [6, 6.07) is 10.9. The first kappa shape index (κ1) is 20.1. The molecule has 0 unspecified atom stereocenters. The average molecular weight is 411 g/mol. The van der Waals surface area contributed by atoms with Crippen LogP contribution in [0.1, 0.15) is 10.4 Å². The molecule has 2 saturated heterocycles. The molecule has 0 N–H and O–H groups in total. The molecule has 0 saturated carbocycles. The van der Waals surface area contributed by atoms with E-state index in [1.165, 1.54) is 0 Å². The molecule has 0 bridgehead atoms. The fraction of sp³-hybridized carbons (Fsp3) is 0.429. The van der Waals surface area contributed by atoms with Crippen LogP contribution in [0.15, 0.2) is 36.4 Å². The first-order valence-corrected chi connectivity index (χ1v) is 10.0. The Kier molecular flexibility index (Phi) is 6.08. The molecule has 3 heterocycles. The summed E-state index contributed by atoms with van der Waals surface area (Å²) in [4.78, 5) is 30.9. The lowest BCUT2D eigenvalue weighted by Crippen LogP contribution is -2.55. The molecule has 4 rings (SSSR count). The van der Waals surface area contributed by atoms with E-state index in [2.05, 4.69) is 10.2 Å². The normalized spacial score (nSPS) is 17.0. The molecule has 9 nitrogen and oxygen atoms in total. The lowest BCUT2D eigenvalue weighted by atomic mass is 10.1. The SMILES string of the molecule is COc1ccc(-c2ccc(C(=O)N3CCN(C(=O)N4CCOCC4)CC3)cc2)nn1. The molecule has 1 aromatic heterocycles. The summed E-state index contributed by atoms with van der Waals surface area (Å²) in [7, 11) is 1.54. The second kappa shape index (κ2) is 9.08. The highest BCUT2D eigenvalue weighted by molar-refractivity contribution is 5.94. The fourth-order valence-corrected chi connectivity index (χ4v) is 3.60. The van der Waals surface area contributed by atoms with Gasteiger partial charge in [0.15, 0.2) is 0 Å². The van der Waals surface area contributed by atoms with Crippen molar-refractivity contribution in [1.82, 2.24) is 24.9 Å². The van der Waals surface area contributed by atoms with Gasteiger partial charge in [0.25, 0.3) is 5.91 Å². The topological polar surface area (TPSA) is 88.1 Å². The molecular formula is C21H25N5O4. The number of hydrogen-bond donors (Lipinski definition) is 0. The van der Waals surface area contributed by atoms with Crippen LogP contribution in [0.5, 0.6) is 5.88 Å².